The summed E-state index contributed by atoms with van der Waals surface area (Å²) in [5.41, 5.74) is 0.747. The molecule has 1 N–H and O–H groups in total. The Morgan fingerprint density at radius 2 is 1.93 bits per heavy atom. The van der Waals surface area contributed by atoms with E-state index >= 15 is 0 Å². The molecule has 1 aromatic rings. The summed E-state index contributed by atoms with van der Waals surface area (Å²) < 4.78 is 11.8. The number of halogens is 1. The smallest absolute Gasteiger partial charge is 0.408 e. The van der Waals surface area contributed by atoms with E-state index in [0.29, 0.717) is 11.6 Å². The highest BCUT2D eigenvalue weighted by Crippen LogP contribution is 2.40. The summed E-state index contributed by atoms with van der Waals surface area (Å²) in [4.78, 5) is 12.7. The van der Waals surface area contributed by atoms with E-state index in [2.05, 4.69) is 31.0 Å². The second kappa shape index (κ2) is 8.37. The Kier molecular flexibility index (Phi) is 6.82. The molecule has 0 radical (unpaired) electrons. The molecule has 0 aromatic heterocycles. The van der Waals surface area contributed by atoms with Crippen LogP contribution in [0.3, 0.4) is 0 Å². The molecule has 1 aliphatic rings. The molecule has 1 aliphatic carbocycles. The van der Waals surface area contributed by atoms with Crippen LogP contribution in [0.1, 0.15) is 45.6 Å². The van der Waals surface area contributed by atoms with E-state index in [-0.39, 0.29) is 0 Å². The quantitative estimate of drug-likeness (QED) is 0.604. The lowest BCUT2D eigenvalue weighted by Gasteiger charge is -2.41. The van der Waals surface area contributed by atoms with Gasteiger partial charge in [0, 0.05) is 5.02 Å². The van der Waals surface area contributed by atoms with Crippen molar-refractivity contribution in [3.05, 3.63) is 40.9 Å². The van der Waals surface area contributed by atoms with Gasteiger partial charge in [0.05, 0.1) is 12.1 Å². The van der Waals surface area contributed by atoms with Crippen LogP contribution in [0.25, 0.3) is 5.57 Å². The topological polar surface area (TPSA) is 47.6 Å². The molecule has 2 rings (SSSR count). The molecule has 0 aliphatic heterocycles. The molecule has 0 saturated heterocycles. The minimum absolute atomic E-state index is 0.416. The molecule has 1 amide bonds. The second-order valence-corrected chi connectivity index (χ2v) is 14.0. The zero-order valence-corrected chi connectivity index (χ0v) is 19.1. The summed E-state index contributed by atoms with van der Waals surface area (Å²) in [6, 6.07) is 7.76. The largest absolute Gasteiger partial charge is 0.444 e. The van der Waals surface area contributed by atoms with Crippen LogP contribution in [-0.2, 0) is 9.16 Å². The lowest BCUT2D eigenvalue weighted by molar-refractivity contribution is 0.0442. The molecule has 0 fully saturated rings. The molecule has 1 atom stereocenters. The molecule has 0 bridgehead atoms. The summed E-state index contributed by atoms with van der Waals surface area (Å²) >= 11 is 6.50. The third-order valence-corrected chi connectivity index (χ3v) is 5.67. The van der Waals surface area contributed by atoms with E-state index in [4.69, 9.17) is 20.8 Å². The normalized spacial score (nSPS) is 20.8. The lowest BCUT2D eigenvalue weighted by Crippen LogP contribution is -2.56. The number of nitrogens with one attached hydrogen (secondary N) is 1. The molecular formula is C21H32ClNO3Si. The Morgan fingerprint density at radius 3 is 2.52 bits per heavy atom. The number of benzene rings is 1. The maximum Gasteiger partial charge on any atom is 0.408 e. The van der Waals surface area contributed by atoms with E-state index < -0.39 is 25.6 Å². The number of carbonyl (C=O) groups is 1. The molecule has 4 nitrogen and oxygen atoms in total. The maximum absolute atomic E-state index is 12.7. The molecule has 0 heterocycles. The van der Waals surface area contributed by atoms with E-state index in [0.717, 1.165) is 30.4 Å². The molecule has 1 unspecified atom stereocenters. The first-order valence-corrected chi connectivity index (χ1v) is 13.3. The van der Waals surface area contributed by atoms with E-state index in [1.807, 2.05) is 45.0 Å². The monoisotopic (exact) mass is 409 g/mol. The van der Waals surface area contributed by atoms with Crippen molar-refractivity contribution in [2.75, 3.05) is 6.61 Å². The number of carbonyl (C=O) groups excluding carboxylic acids is 1. The Hall–Kier alpha value is -1.30. The van der Waals surface area contributed by atoms with Crippen molar-refractivity contribution in [2.24, 2.45) is 0 Å². The van der Waals surface area contributed by atoms with Crippen LogP contribution >= 0.6 is 11.6 Å². The van der Waals surface area contributed by atoms with Crippen LogP contribution in [0.2, 0.25) is 24.7 Å². The fourth-order valence-corrected chi connectivity index (χ4v) is 4.10. The highest BCUT2D eigenvalue weighted by molar-refractivity contribution is 6.69. The number of hydrogen-bond acceptors (Lipinski definition) is 3. The van der Waals surface area contributed by atoms with Gasteiger partial charge in [0.1, 0.15) is 5.60 Å². The minimum atomic E-state index is -1.78. The Labute approximate surface area is 169 Å². The zero-order valence-electron chi connectivity index (χ0n) is 17.3. The predicted molar refractivity (Wildman–Crippen MR) is 115 cm³/mol. The average molecular weight is 410 g/mol. The minimum Gasteiger partial charge on any atom is -0.444 e. The van der Waals surface area contributed by atoms with Crippen molar-refractivity contribution in [3.8, 4) is 0 Å². The summed E-state index contributed by atoms with van der Waals surface area (Å²) in [5, 5.41) is 3.82. The molecule has 27 heavy (non-hydrogen) atoms. The van der Waals surface area contributed by atoms with Gasteiger partial charge in [-0.2, -0.15) is 0 Å². The summed E-state index contributed by atoms with van der Waals surface area (Å²) in [6.07, 6.45) is 4.45. The highest BCUT2D eigenvalue weighted by atomic mass is 35.5. The van der Waals surface area contributed by atoms with Crippen molar-refractivity contribution >= 4 is 31.6 Å². The maximum atomic E-state index is 12.7. The van der Waals surface area contributed by atoms with E-state index in [9.17, 15) is 4.79 Å². The van der Waals surface area contributed by atoms with Gasteiger partial charge in [0.25, 0.3) is 0 Å². The lowest BCUT2D eigenvalue weighted by atomic mass is 9.77. The SMILES string of the molecule is CC(C)(C)OC(=O)NC1(CO[Si](C)(C)C)CCCC=C1c1ccccc1Cl. The first-order chi connectivity index (χ1) is 12.4. The van der Waals surface area contributed by atoms with Crippen LogP contribution in [-0.4, -0.2) is 32.2 Å². The molecule has 6 heteroatoms. The van der Waals surface area contributed by atoms with E-state index in [1.165, 1.54) is 0 Å². The van der Waals surface area contributed by atoms with Gasteiger partial charge in [-0.05, 0) is 76.9 Å². The third kappa shape index (κ3) is 6.37. The summed E-state index contributed by atoms with van der Waals surface area (Å²) in [5.74, 6) is 0. The fraction of sp³-hybridized carbons (Fsp3) is 0.571. The summed E-state index contributed by atoms with van der Waals surface area (Å²) in [7, 11) is -1.78. The van der Waals surface area contributed by atoms with Gasteiger partial charge in [-0.15, -0.1) is 0 Å². The van der Waals surface area contributed by atoms with Gasteiger partial charge in [0.2, 0.25) is 0 Å². The van der Waals surface area contributed by atoms with Crippen LogP contribution in [0, 0.1) is 0 Å². The molecular weight excluding hydrogens is 378 g/mol. The van der Waals surface area contributed by atoms with Gasteiger partial charge in [-0.1, -0.05) is 35.9 Å². The van der Waals surface area contributed by atoms with Gasteiger partial charge < -0.3 is 14.5 Å². The van der Waals surface area contributed by atoms with Crippen LogP contribution in [0.15, 0.2) is 30.3 Å². The van der Waals surface area contributed by atoms with Crippen LogP contribution in [0.4, 0.5) is 4.79 Å². The standard InChI is InChI=1S/C21H32ClNO3Si/c1-20(2,3)26-19(24)23-21(15-25-27(4,5)6)14-10-9-12-17(21)16-11-7-8-13-18(16)22/h7-8,11-13H,9-10,14-15H2,1-6H3,(H,23,24). The number of alkyl carbamates (subject to hydrolysis) is 1. The molecule has 150 valence electrons. The van der Waals surface area contributed by atoms with Crippen molar-refractivity contribution in [1.82, 2.24) is 5.32 Å². The third-order valence-electron chi connectivity index (χ3n) is 4.33. The van der Waals surface area contributed by atoms with Crippen molar-refractivity contribution in [3.63, 3.8) is 0 Å². The number of rotatable bonds is 5. The number of ether oxygens (including phenoxy) is 1. The van der Waals surface area contributed by atoms with Crippen LogP contribution in [0.5, 0.6) is 0 Å². The fourth-order valence-electron chi connectivity index (χ4n) is 3.18. The van der Waals surface area contributed by atoms with Crippen LogP contribution < -0.4 is 5.32 Å². The van der Waals surface area contributed by atoms with E-state index in [1.54, 1.807) is 0 Å². The van der Waals surface area contributed by atoms with Gasteiger partial charge in [0.15, 0.2) is 8.32 Å². The Bertz CT molecular complexity index is 706. The molecule has 1 aromatic carbocycles. The zero-order chi connectivity index (χ0) is 20.3. The van der Waals surface area contributed by atoms with Crippen molar-refractivity contribution < 1.29 is 14.0 Å². The number of hydrogen-bond donors (Lipinski definition) is 1. The van der Waals surface area contributed by atoms with Crippen molar-refractivity contribution in [2.45, 2.75) is 70.8 Å². The van der Waals surface area contributed by atoms with Gasteiger partial charge in [-0.25, -0.2) is 4.79 Å². The molecule has 0 saturated carbocycles. The van der Waals surface area contributed by atoms with Crippen molar-refractivity contribution in [1.29, 1.82) is 0 Å². The first kappa shape index (κ1) is 22.0. The average Bonchev–Trinajstić information content (AvgIpc) is 2.52. The summed E-state index contributed by atoms with van der Waals surface area (Å²) in [6.45, 7) is 12.5. The van der Waals surface area contributed by atoms with Gasteiger partial charge in [-0.3, -0.25) is 0 Å². The second-order valence-electron chi connectivity index (χ2n) is 9.10. The Morgan fingerprint density at radius 1 is 1.26 bits per heavy atom. The Balaban J connectivity index is 2.42. The van der Waals surface area contributed by atoms with Gasteiger partial charge >= 0.3 is 6.09 Å². The highest BCUT2D eigenvalue weighted by Gasteiger charge is 2.41. The number of amides is 1. The molecule has 0 spiro atoms. The first-order valence-electron chi connectivity index (χ1n) is 9.53. The predicted octanol–water partition coefficient (Wildman–Crippen LogP) is 6.02. The number of allylic oxidation sites excluding steroid dienone is 1.